The molecule has 2 N–H and O–H groups in total. The van der Waals surface area contributed by atoms with Crippen LogP contribution in [0.5, 0.6) is 0 Å². The molecular weight excluding hydrogens is 480 g/mol. The molecule has 1 unspecified atom stereocenters. The zero-order chi connectivity index (χ0) is 25.9. The van der Waals surface area contributed by atoms with Crippen LogP contribution in [0, 0.1) is 13.8 Å². The Labute approximate surface area is 208 Å². The molecule has 0 saturated carbocycles. The average molecular weight is 505 g/mol. The monoisotopic (exact) mass is 504 g/mol. The smallest absolute Gasteiger partial charge is 0.267 e. The van der Waals surface area contributed by atoms with E-state index in [0.29, 0.717) is 17.1 Å². The zero-order valence-electron chi connectivity index (χ0n) is 19.8. The second kappa shape index (κ2) is 10.1. The molecule has 4 rings (SSSR count). The van der Waals surface area contributed by atoms with Gasteiger partial charge in [0.1, 0.15) is 6.04 Å². The summed E-state index contributed by atoms with van der Waals surface area (Å²) in [6.07, 6.45) is 1.45. The van der Waals surface area contributed by atoms with Gasteiger partial charge in [-0.15, -0.1) is 0 Å². The molecule has 1 atom stereocenters. The van der Waals surface area contributed by atoms with Crippen LogP contribution >= 0.6 is 0 Å². The molecule has 36 heavy (non-hydrogen) atoms. The van der Waals surface area contributed by atoms with Crippen molar-refractivity contribution >= 4 is 27.6 Å². The van der Waals surface area contributed by atoms with Gasteiger partial charge in [0, 0.05) is 29.2 Å². The topological polar surface area (TPSA) is 136 Å². The van der Waals surface area contributed by atoms with E-state index in [1.807, 2.05) is 31.2 Å². The summed E-state index contributed by atoms with van der Waals surface area (Å²) in [6.45, 7) is 5.26. The maximum Gasteiger partial charge on any atom is 0.267 e. The number of nitrogens with zero attached hydrogens (tertiary/aromatic N) is 4. The second-order valence-corrected chi connectivity index (χ2v) is 9.87. The van der Waals surface area contributed by atoms with E-state index < -0.39 is 27.5 Å². The highest BCUT2D eigenvalue weighted by Crippen LogP contribution is 2.19. The van der Waals surface area contributed by atoms with Gasteiger partial charge in [-0.3, -0.25) is 9.59 Å². The fraction of sp³-hybridized carbons (Fsp3) is 0.160. The first-order valence-electron chi connectivity index (χ1n) is 11.0. The van der Waals surface area contributed by atoms with E-state index in [4.69, 9.17) is 0 Å². The van der Waals surface area contributed by atoms with Crippen molar-refractivity contribution in [1.29, 1.82) is 0 Å². The van der Waals surface area contributed by atoms with Crippen LogP contribution in [0.2, 0.25) is 0 Å². The van der Waals surface area contributed by atoms with Crippen molar-refractivity contribution in [3.05, 3.63) is 94.5 Å². The minimum Gasteiger partial charge on any atom is -0.324 e. The molecule has 0 saturated heterocycles. The molecule has 2 aromatic heterocycles. The molecule has 1 amide bonds. The van der Waals surface area contributed by atoms with Crippen molar-refractivity contribution < 1.29 is 13.2 Å². The van der Waals surface area contributed by atoms with Crippen LogP contribution in [0.15, 0.2) is 82.6 Å². The number of sulfonamides is 1. The summed E-state index contributed by atoms with van der Waals surface area (Å²) < 4.78 is 28.7. The van der Waals surface area contributed by atoms with E-state index in [1.54, 1.807) is 26.0 Å². The Morgan fingerprint density at radius 1 is 0.944 bits per heavy atom. The number of anilines is 2. The summed E-state index contributed by atoms with van der Waals surface area (Å²) in [7, 11) is -3.92. The Hall–Kier alpha value is -4.38. The van der Waals surface area contributed by atoms with Gasteiger partial charge >= 0.3 is 0 Å². The summed E-state index contributed by atoms with van der Waals surface area (Å²) >= 11 is 0. The number of amides is 1. The number of benzene rings is 2. The molecule has 2 aromatic carbocycles. The molecule has 0 aliphatic carbocycles. The molecule has 184 valence electrons. The molecule has 0 aliphatic heterocycles. The third kappa shape index (κ3) is 5.63. The zero-order valence-corrected chi connectivity index (χ0v) is 20.7. The van der Waals surface area contributed by atoms with Crippen LogP contribution in [-0.4, -0.2) is 34.1 Å². The highest BCUT2D eigenvalue weighted by Gasteiger charge is 2.20. The van der Waals surface area contributed by atoms with Gasteiger partial charge in [-0.25, -0.2) is 27.8 Å². The van der Waals surface area contributed by atoms with Gasteiger partial charge in [-0.05, 0) is 57.2 Å². The number of hydrogen-bond acceptors (Lipinski definition) is 7. The number of carbonyl (C=O) groups is 1. The van der Waals surface area contributed by atoms with Crippen LogP contribution in [0.25, 0.3) is 11.3 Å². The van der Waals surface area contributed by atoms with Crippen molar-refractivity contribution in [3.8, 4) is 11.3 Å². The Balaban J connectivity index is 1.48. The van der Waals surface area contributed by atoms with Crippen molar-refractivity contribution in [2.75, 3.05) is 10.0 Å². The second-order valence-electron chi connectivity index (χ2n) is 8.18. The largest absolute Gasteiger partial charge is 0.324 e. The first-order chi connectivity index (χ1) is 17.1. The lowest BCUT2D eigenvalue weighted by Crippen LogP contribution is -2.33. The minimum atomic E-state index is -3.92. The lowest BCUT2D eigenvalue weighted by Gasteiger charge is -2.15. The highest BCUT2D eigenvalue weighted by atomic mass is 32.2. The molecular formula is C25H24N6O4S. The number of aryl methyl sites for hydroxylation is 2. The Morgan fingerprint density at radius 2 is 1.64 bits per heavy atom. The predicted octanol–water partition coefficient (Wildman–Crippen LogP) is 3.32. The van der Waals surface area contributed by atoms with Crippen molar-refractivity contribution in [3.63, 3.8) is 0 Å². The van der Waals surface area contributed by atoms with Crippen molar-refractivity contribution in [2.24, 2.45) is 0 Å². The molecule has 10 nitrogen and oxygen atoms in total. The van der Waals surface area contributed by atoms with Gasteiger partial charge in [0.25, 0.3) is 15.6 Å². The van der Waals surface area contributed by atoms with Crippen molar-refractivity contribution in [1.82, 2.24) is 19.7 Å². The van der Waals surface area contributed by atoms with Gasteiger partial charge in [0.15, 0.2) is 0 Å². The maximum atomic E-state index is 12.9. The van der Waals surface area contributed by atoms with Crippen LogP contribution in [0.3, 0.4) is 0 Å². The van der Waals surface area contributed by atoms with Gasteiger partial charge in [-0.1, -0.05) is 29.8 Å². The first kappa shape index (κ1) is 24.7. The van der Waals surface area contributed by atoms with Crippen LogP contribution in [0.4, 0.5) is 11.6 Å². The third-order valence-electron chi connectivity index (χ3n) is 5.37. The molecule has 0 aliphatic rings. The van der Waals surface area contributed by atoms with E-state index in [2.05, 4.69) is 25.1 Å². The highest BCUT2D eigenvalue weighted by molar-refractivity contribution is 7.92. The molecule has 0 fully saturated rings. The van der Waals surface area contributed by atoms with Crippen LogP contribution in [0.1, 0.15) is 24.2 Å². The Morgan fingerprint density at radius 3 is 2.31 bits per heavy atom. The maximum absolute atomic E-state index is 12.9. The quantitative estimate of drug-likeness (QED) is 0.394. The Kier molecular flexibility index (Phi) is 6.93. The average Bonchev–Trinajstić information content (AvgIpc) is 2.84. The third-order valence-corrected chi connectivity index (χ3v) is 6.72. The van der Waals surface area contributed by atoms with Gasteiger partial charge < -0.3 is 5.32 Å². The van der Waals surface area contributed by atoms with Gasteiger partial charge in [0.05, 0.1) is 10.6 Å². The molecule has 11 heteroatoms. The number of hydrogen-bond donors (Lipinski definition) is 2. The number of aromatic nitrogens is 4. The predicted molar refractivity (Wildman–Crippen MR) is 136 cm³/mol. The standard InChI is InChI=1S/C25H24N6O4S/c1-16-4-6-19(7-5-16)22-12-13-23(32)31(29-22)18(3)24(33)28-20-8-10-21(11-9-20)36(34,35)30-25-26-15-14-17(2)27-25/h4-15,18H,1-3H3,(H,28,33)(H,26,27,30). The lowest BCUT2D eigenvalue weighted by molar-refractivity contribution is -0.119. The number of carbonyl (C=O) groups excluding carboxylic acids is 1. The molecule has 0 spiro atoms. The normalized spacial score (nSPS) is 12.1. The van der Waals surface area contributed by atoms with E-state index in [0.717, 1.165) is 15.8 Å². The number of rotatable bonds is 7. The Bertz CT molecular complexity index is 1570. The molecule has 2 heterocycles. The number of nitrogens with one attached hydrogen (secondary N) is 2. The minimum absolute atomic E-state index is 0.0256. The van der Waals surface area contributed by atoms with Gasteiger partial charge in [-0.2, -0.15) is 5.10 Å². The molecule has 4 aromatic rings. The first-order valence-corrected chi connectivity index (χ1v) is 12.5. The van der Waals surface area contributed by atoms with Crippen LogP contribution in [-0.2, 0) is 14.8 Å². The van der Waals surface area contributed by atoms with Crippen molar-refractivity contribution in [2.45, 2.75) is 31.7 Å². The lowest BCUT2D eigenvalue weighted by atomic mass is 10.1. The van der Waals surface area contributed by atoms with E-state index in [1.165, 1.54) is 36.5 Å². The molecule has 0 radical (unpaired) electrons. The van der Waals surface area contributed by atoms with Gasteiger partial charge in [0.2, 0.25) is 11.9 Å². The van der Waals surface area contributed by atoms with E-state index in [9.17, 15) is 18.0 Å². The summed E-state index contributed by atoms with van der Waals surface area (Å²) in [5.41, 5.74) is 3.04. The van der Waals surface area contributed by atoms with E-state index in [-0.39, 0.29) is 10.8 Å². The molecule has 0 bridgehead atoms. The summed E-state index contributed by atoms with van der Waals surface area (Å²) in [4.78, 5) is 33.2. The fourth-order valence-electron chi connectivity index (χ4n) is 3.33. The van der Waals surface area contributed by atoms with E-state index >= 15 is 0 Å². The fourth-order valence-corrected chi connectivity index (χ4v) is 4.28. The SMILES string of the molecule is Cc1ccc(-c2ccc(=O)n(C(C)C(=O)Nc3ccc(S(=O)(=O)Nc4nccc(C)n4)cc3)n2)cc1. The summed E-state index contributed by atoms with van der Waals surface area (Å²) in [5.74, 6) is -0.514. The summed E-state index contributed by atoms with van der Waals surface area (Å²) in [5, 5.41) is 7.06. The van der Waals surface area contributed by atoms with Crippen LogP contribution < -0.4 is 15.6 Å². The summed E-state index contributed by atoms with van der Waals surface area (Å²) in [6, 6.07) is 17.0.